The maximum atomic E-state index is 10.4. The third-order valence-corrected chi connectivity index (χ3v) is 2.34. The topological polar surface area (TPSA) is 130 Å². The third kappa shape index (κ3) is 5.32. The first-order valence-electron chi connectivity index (χ1n) is 5.68. The highest BCUT2D eigenvalue weighted by Crippen LogP contribution is 2.10. The molecule has 0 unspecified atom stereocenters. The summed E-state index contributed by atoms with van der Waals surface area (Å²) in [5, 5.41) is 19.5. The molecule has 106 valence electrons. The van der Waals surface area contributed by atoms with Crippen LogP contribution in [0.5, 0.6) is 5.75 Å². The van der Waals surface area contributed by atoms with Gasteiger partial charge in [-0.05, 0) is 24.1 Å². The number of rotatable bonds is 3. The van der Waals surface area contributed by atoms with Crippen molar-refractivity contribution < 1.29 is 24.6 Å². The summed E-state index contributed by atoms with van der Waals surface area (Å²) < 4.78 is 0. The Kier molecular flexibility index (Phi) is 5.42. The molecule has 1 aromatic rings. The van der Waals surface area contributed by atoms with Crippen LogP contribution in [0, 0.1) is 0 Å². The molecule has 7 nitrogen and oxygen atoms in total. The van der Waals surface area contributed by atoms with Gasteiger partial charge in [-0.3, -0.25) is 19.7 Å². The van der Waals surface area contributed by atoms with Crippen LogP contribution < -0.4 is 11.1 Å². The Hall–Kier alpha value is -2.67. The van der Waals surface area contributed by atoms with E-state index in [0.717, 1.165) is 5.56 Å². The number of phenolic OH excluding ortho intramolecular Hbond substituents is 1. The lowest BCUT2D eigenvalue weighted by molar-refractivity contribution is -0.138. The summed E-state index contributed by atoms with van der Waals surface area (Å²) in [4.78, 5) is 30.5. The molecule has 1 aromatic carbocycles. The standard InChI is InChI=1S/C9H11NO3.C4H3NO2/c10-8(9(12)13)5-6-1-3-7(11)4-2-6;6-3-1-2-4(7)5-3/h1-4,8,11H,5,10H2,(H,12,13);1-2H,(H,5,6,7)/t8-;/m0./s1. The van der Waals surface area contributed by atoms with E-state index in [1.165, 1.54) is 24.3 Å². The molecule has 2 rings (SSSR count). The average Bonchev–Trinajstić information content (AvgIpc) is 2.76. The van der Waals surface area contributed by atoms with Gasteiger partial charge in [0.05, 0.1) is 0 Å². The molecule has 1 heterocycles. The Morgan fingerprint density at radius 1 is 1.15 bits per heavy atom. The molecule has 0 radical (unpaired) electrons. The van der Waals surface area contributed by atoms with Crippen molar-refractivity contribution >= 4 is 17.8 Å². The molecule has 20 heavy (non-hydrogen) atoms. The van der Waals surface area contributed by atoms with E-state index in [0.29, 0.717) is 0 Å². The number of nitrogens with two attached hydrogens (primary N) is 1. The van der Waals surface area contributed by atoms with Gasteiger partial charge in [0.15, 0.2) is 0 Å². The number of carbonyl (C=O) groups excluding carboxylic acids is 2. The van der Waals surface area contributed by atoms with Gasteiger partial charge in [-0.25, -0.2) is 0 Å². The molecular formula is C13H14N2O5. The number of aromatic hydroxyl groups is 1. The summed E-state index contributed by atoms with van der Waals surface area (Å²) in [6.45, 7) is 0. The smallest absolute Gasteiger partial charge is 0.320 e. The molecule has 5 N–H and O–H groups in total. The zero-order valence-electron chi connectivity index (χ0n) is 10.4. The van der Waals surface area contributed by atoms with Crippen LogP contribution in [-0.2, 0) is 20.8 Å². The zero-order valence-corrected chi connectivity index (χ0v) is 10.4. The second kappa shape index (κ2) is 7.05. The number of benzene rings is 1. The molecular weight excluding hydrogens is 264 g/mol. The molecule has 0 aromatic heterocycles. The van der Waals surface area contributed by atoms with Crippen molar-refractivity contribution in [2.24, 2.45) is 5.73 Å². The fraction of sp³-hybridized carbons (Fsp3) is 0.154. The minimum atomic E-state index is -1.02. The van der Waals surface area contributed by atoms with Crippen molar-refractivity contribution in [1.29, 1.82) is 0 Å². The number of aliphatic carboxylic acids is 1. The minimum absolute atomic E-state index is 0.160. The largest absolute Gasteiger partial charge is 0.508 e. The lowest BCUT2D eigenvalue weighted by atomic mass is 10.1. The SMILES string of the molecule is N[C@@H](Cc1ccc(O)cc1)C(=O)O.O=C1C=CC(=O)N1. The molecule has 0 saturated carbocycles. The van der Waals surface area contributed by atoms with E-state index in [1.54, 1.807) is 12.1 Å². The fourth-order valence-corrected chi connectivity index (χ4v) is 1.33. The number of carboxylic acid groups (broad SMARTS) is 1. The van der Waals surface area contributed by atoms with Crippen molar-refractivity contribution in [2.75, 3.05) is 0 Å². The van der Waals surface area contributed by atoms with Gasteiger partial charge in [-0.1, -0.05) is 12.1 Å². The molecule has 0 bridgehead atoms. The molecule has 0 aliphatic carbocycles. The second-order valence-corrected chi connectivity index (χ2v) is 4.00. The summed E-state index contributed by atoms with van der Waals surface area (Å²) in [7, 11) is 0. The van der Waals surface area contributed by atoms with Gasteiger partial charge >= 0.3 is 5.97 Å². The first-order valence-corrected chi connectivity index (χ1v) is 5.68. The second-order valence-electron chi connectivity index (χ2n) is 4.00. The van der Waals surface area contributed by atoms with E-state index in [-0.39, 0.29) is 24.0 Å². The highest BCUT2D eigenvalue weighted by atomic mass is 16.4. The first-order chi connectivity index (χ1) is 9.38. The van der Waals surface area contributed by atoms with Gasteiger partial charge in [0.1, 0.15) is 11.8 Å². The number of amides is 2. The van der Waals surface area contributed by atoms with Gasteiger partial charge < -0.3 is 15.9 Å². The van der Waals surface area contributed by atoms with Gasteiger partial charge in [0.2, 0.25) is 0 Å². The number of nitrogens with one attached hydrogen (secondary N) is 1. The molecule has 1 aliphatic heterocycles. The van der Waals surface area contributed by atoms with Crippen molar-refractivity contribution in [2.45, 2.75) is 12.5 Å². The summed E-state index contributed by atoms with van der Waals surface area (Å²) in [5.41, 5.74) is 6.12. The molecule has 0 fully saturated rings. The molecule has 1 aliphatic rings. The molecule has 7 heteroatoms. The predicted molar refractivity (Wildman–Crippen MR) is 69.7 cm³/mol. The van der Waals surface area contributed by atoms with Gasteiger partial charge in [-0.2, -0.15) is 0 Å². The number of carbonyl (C=O) groups is 3. The molecule has 0 spiro atoms. The Morgan fingerprint density at radius 2 is 1.65 bits per heavy atom. The average molecular weight is 278 g/mol. The highest BCUT2D eigenvalue weighted by Gasteiger charge is 2.11. The Morgan fingerprint density at radius 3 is 2.00 bits per heavy atom. The summed E-state index contributed by atoms with van der Waals surface area (Å²) in [5.74, 6) is -1.52. The van der Waals surface area contributed by atoms with Gasteiger partial charge in [0, 0.05) is 12.2 Å². The Balaban J connectivity index is 0.000000240. The first kappa shape index (κ1) is 15.4. The molecule has 1 atom stereocenters. The number of hydrogen-bond donors (Lipinski definition) is 4. The van der Waals surface area contributed by atoms with Crippen LogP contribution in [0.3, 0.4) is 0 Å². The van der Waals surface area contributed by atoms with Crippen LogP contribution in [0.15, 0.2) is 36.4 Å². The summed E-state index contributed by atoms with van der Waals surface area (Å²) in [6.07, 6.45) is 2.67. The monoisotopic (exact) mass is 278 g/mol. The lowest BCUT2D eigenvalue weighted by Crippen LogP contribution is -2.32. The number of carboxylic acids is 1. The molecule has 0 saturated heterocycles. The van der Waals surface area contributed by atoms with Gasteiger partial charge in [-0.15, -0.1) is 0 Å². The third-order valence-electron chi connectivity index (χ3n) is 2.34. The number of hydrogen-bond acceptors (Lipinski definition) is 5. The van der Waals surface area contributed by atoms with E-state index in [4.69, 9.17) is 15.9 Å². The predicted octanol–water partition coefficient (Wildman–Crippen LogP) is -0.454. The maximum absolute atomic E-state index is 10.4. The highest BCUT2D eigenvalue weighted by molar-refractivity contribution is 6.12. The van der Waals surface area contributed by atoms with E-state index in [1.807, 2.05) is 5.32 Å². The Bertz CT molecular complexity index is 520. The van der Waals surface area contributed by atoms with Crippen LogP contribution in [0.25, 0.3) is 0 Å². The van der Waals surface area contributed by atoms with Crippen LogP contribution in [0.1, 0.15) is 5.56 Å². The summed E-state index contributed by atoms with van der Waals surface area (Å²) in [6, 6.07) is 5.42. The van der Waals surface area contributed by atoms with E-state index in [2.05, 4.69) is 0 Å². The normalized spacial score (nSPS) is 14.2. The quantitative estimate of drug-likeness (QED) is 0.554. The van der Waals surface area contributed by atoms with Gasteiger partial charge in [0.25, 0.3) is 11.8 Å². The number of imide groups is 1. The van der Waals surface area contributed by atoms with Crippen LogP contribution in [0.2, 0.25) is 0 Å². The van der Waals surface area contributed by atoms with E-state index in [9.17, 15) is 14.4 Å². The van der Waals surface area contributed by atoms with Crippen molar-refractivity contribution in [3.63, 3.8) is 0 Å². The summed E-state index contributed by atoms with van der Waals surface area (Å²) >= 11 is 0. The Labute approximate surface area is 114 Å². The fourth-order valence-electron chi connectivity index (χ4n) is 1.33. The van der Waals surface area contributed by atoms with Crippen LogP contribution in [0.4, 0.5) is 0 Å². The number of phenols is 1. The lowest BCUT2D eigenvalue weighted by Gasteiger charge is -2.05. The van der Waals surface area contributed by atoms with E-state index < -0.39 is 12.0 Å². The van der Waals surface area contributed by atoms with Crippen molar-refractivity contribution in [1.82, 2.24) is 5.32 Å². The van der Waals surface area contributed by atoms with Crippen molar-refractivity contribution in [3.05, 3.63) is 42.0 Å². The minimum Gasteiger partial charge on any atom is -0.508 e. The van der Waals surface area contributed by atoms with Crippen LogP contribution in [-0.4, -0.2) is 34.0 Å². The maximum Gasteiger partial charge on any atom is 0.320 e. The van der Waals surface area contributed by atoms with Crippen LogP contribution >= 0.6 is 0 Å². The molecule has 2 amide bonds. The van der Waals surface area contributed by atoms with Crippen molar-refractivity contribution in [3.8, 4) is 5.75 Å². The zero-order chi connectivity index (χ0) is 15.1. The van der Waals surface area contributed by atoms with E-state index >= 15 is 0 Å².